The zero-order valence-corrected chi connectivity index (χ0v) is 19.8. The van der Waals surface area contributed by atoms with Crippen LogP contribution in [0.4, 0.5) is 10.6 Å². The maximum absolute atomic E-state index is 12.9. The van der Waals surface area contributed by atoms with Crippen LogP contribution in [-0.4, -0.2) is 68.5 Å². The molecular formula is C25H24N4O5S. The summed E-state index contributed by atoms with van der Waals surface area (Å²) in [6.45, 7) is 0.488. The van der Waals surface area contributed by atoms with E-state index in [2.05, 4.69) is 22.5 Å². The fourth-order valence-electron chi connectivity index (χ4n) is 4.63. The second kappa shape index (κ2) is 9.46. The molecule has 35 heavy (non-hydrogen) atoms. The molecule has 2 aliphatic rings. The number of ether oxygens (including phenoxy) is 1. The Hall–Kier alpha value is -3.79. The van der Waals surface area contributed by atoms with E-state index in [-0.39, 0.29) is 24.0 Å². The van der Waals surface area contributed by atoms with Crippen LogP contribution < -0.4 is 5.32 Å². The van der Waals surface area contributed by atoms with Crippen molar-refractivity contribution in [2.24, 2.45) is 7.05 Å². The quantitative estimate of drug-likeness (QED) is 0.561. The van der Waals surface area contributed by atoms with Gasteiger partial charge >= 0.3 is 12.1 Å². The van der Waals surface area contributed by atoms with E-state index < -0.39 is 24.0 Å². The fourth-order valence-corrected chi connectivity index (χ4v) is 5.66. The number of rotatable bonds is 5. The smallest absolute Gasteiger partial charge is 0.412 e. The van der Waals surface area contributed by atoms with Crippen molar-refractivity contribution >= 4 is 35.5 Å². The van der Waals surface area contributed by atoms with E-state index in [1.807, 2.05) is 36.4 Å². The van der Waals surface area contributed by atoms with Crippen LogP contribution in [0.3, 0.4) is 0 Å². The number of aromatic nitrogens is 2. The number of carbonyl (C=O) groups is 3. The SMILES string of the molecule is Cn1nc(C(=O)N2CCSCC2C(=O)O)cc1NC(=O)OCC1c2ccccc2-c2ccccc21. The molecule has 0 saturated carbocycles. The highest BCUT2D eigenvalue weighted by Crippen LogP contribution is 2.44. The monoisotopic (exact) mass is 492 g/mol. The average Bonchev–Trinajstić information content (AvgIpc) is 3.39. The van der Waals surface area contributed by atoms with Gasteiger partial charge in [0, 0.05) is 37.1 Å². The number of amides is 2. The molecule has 1 unspecified atom stereocenters. The maximum Gasteiger partial charge on any atom is 0.412 e. The molecule has 1 aromatic heterocycles. The first-order valence-corrected chi connectivity index (χ1v) is 12.4. The number of carboxylic acid groups (broad SMARTS) is 1. The van der Waals surface area contributed by atoms with Crippen molar-refractivity contribution < 1.29 is 24.2 Å². The standard InChI is InChI=1S/C25H24N4O5S/c1-28-22(12-20(27-28)23(30)29-10-11-35-14-21(29)24(31)32)26-25(33)34-13-19-17-8-4-2-6-15(17)16-7-3-5-9-18(16)19/h2-9,12,19,21H,10-11,13-14H2,1H3,(H,26,33)(H,31,32). The van der Waals surface area contributed by atoms with E-state index in [0.29, 0.717) is 18.1 Å². The van der Waals surface area contributed by atoms with Crippen LogP contribution in [0.2, 0.25) is 0 Å². The molecule has 0 radical (unpaired) electrons. The van der Waals surface area contributed by atoms with Gasteiger partial charge in [-0.3, -0.25) is 14.8 Å². The minimum Gasteiger partial charge on any atom is -0.480 e. The van der Waals surface area contributed by atoms with Crippen LogP contribution in [0.1, 0.15) is 27.5 Å². The molecule has 2 aromatic carbocycles. The van der Waals surface area contributed by atoms with Gasteiger partial charge in [0.25, 0.3) is 5.91 Å². The van der Waals surface area contributed by atoms with Gasteiger partial charge in [0.1, 0.15) is 18.5 Å². The number of carbonyl (C=O) groups excluding carboxylic acids is 2. The Morgan fingerprint density at radius 2 is 1.77 bits per heavy atom. The third-order valence-corrected chi connectivity index (χ3v) is 7.37. The van der Waals surface area contributed by atoms with E-state index >= 15 is 0 Å². The number of nitrogens with one attached hydrogen (secondary N) is 1. The lowest BCUT2D eigenvalue weighted by Gasteiger charge is -2.31. The van der Waals surface area contributed by atoms with Crippen molar-refractivity contribution in [3.05, 3.63) is 71.4 Å². The van der Waals surface area contributed by atoms with Gasteiger partial charge in [0.2, 0.25) is 0 Å². The van der Waals surface area contributed by atoms with Crippen molar-refractivity contribution in [1.82, 2.24) is 14.7 Å². The van der Waals surface area contributed by atoms with Crippen LogP contribution in [0, 0.1) is 0 Å². The molecule has 2 N–H and O–H groups in total. The molecule has 0 bridgehead atoms. The van der Waals surface area contributed by atoms with Gasteiger partial charge in [-0.05, 0) is 22.3 Å². The second-order valence-electron chi connectivity index (χ2n) is 8.42. The van der Waals surface area contributed by atoms with Gasteiger partial charge in [0.15, 0.2) is 5.69 Å². The molecule has 3 aromatic rings. The molecule has 1 saturated heterocycles. The molecule has 5 rings (SSSR count). The van der Waals surface area contributed by atoms with Gasteiger partial charge in [0.05, 0.1) is 0 Å². The third-order valence-electron chi connectivity index (χ3n) is 6.35. The number of hydrogen-bond acceptors (Lipinski definition) is 6. The molecular weight excluding hydrogens is 468 g/mol. The van der Waals surface area contributed by atoms with Gasteiger partial charge < -0.3 is 14.7 Å². The minimum atomic E-state index is -1.04. The largest absolute Gasteiger partial charge is 0.480 e. The topological polar surface area (TPSA) is 114 Å². The Morgan fingerprint density at radius 1 is 1.11 bits per heavy atom. The number of nitrogens with zero attached hydrogens (tertiary/aromatic N) is 3. The lowest BCUT2D eigenvalue weighted by atomic mass is 9.98. The van der Waals surface area contributed by atoms with Crippen LogP contribution in [-0.2, 0) is 16.6 Å². The highest BCUT2D eigenvalue weighted by atomic mass is 32.2. The normalized spacial score (nSPS) is 16.9. The molecule has 2 amide bonds. The molecule has 1 aliphatic heterocycles. The summed E-state index contributed by atoms with van der Waals surface area (Å²) < 4.78 is 6.93. The molecule has 1 atom stereocenters. The predicted octanol–water partition coefficient (Wildman–Crippen LogP) is 3.42. The van der Waals surface area contributed by atoms with Gasteiger partial charge in [-0.15, -0.1) is 0 Å². The van der Waals surface area contributed by atoms with Crippen LogP contribution in [0.15, 0.2) is 54.6 Å². The Kier molecular flexibility index (Phi) is 6.21. The molecule has 2 heterocycles. The van der Waals surface area contributed by atoms with Gasteiger partial charge in [-0.1, -0.05) is 48.5 Å². The van der Waals surface area contributed by atoms with Crippen molar-refractivity contribution in [2.75, 3.05) is 30.0 Å². The predicted molar refractivity (Wildman–Crippen MR) is 132 cm³/mol. The molecule has 1 fully saturated rings. The fraction of sp³-hybridized carbons (Fsp3) is 0.280. The highest BCUT2D eigenvalue weighted by molar-refractivity contribution is 7.99. The first-order chi connectivity index (χ1) is 16.9. The Labute approximate surface area is 206 Å². The van der Waals surface area contributed by atoms with Gasteiger partial charge in [-0.25, -0.2) is 9.59 Å². The first-order valence-electron chi connectivity index (χ1n) is 11.2. The Balaban J connectivity index is 1.26. The maximum atomic E-state index is 12.9. The van der Waals surface area contributed by atoms with Crippen LogP contribution in [0.25, 0.3) is 11.1 Å². The summed E-state index contributed by atoms with van der Waals surface area (Å²) in [5.74, 6) is -0.315. The summed E-state index contributed by atoms with van der Waals surface area (Å²) in [4.78, 5) is 38.4. The Morgan fingerprint density at radius 3 is 2.43 bits per heavy atom. The minimum absolute atomic E-state index is 0.0678. The van der Waals surface area contributed by atoms with E-state index in [1.54, 1.807) is 7.05 Å². The number of anilines is 1. The summed E-state index contributed by atoms with van der Waals surface area (Å²) in [5.41, 5.74) is 4.58. The van der Waals surface area contributed by atoms with Crippen molar-refractivity contribution in [3.63, 3.8) is 0 Å². The Bertz CT molecular complexity index is 1260. The molecule has 0 spiro atoms. The lowest BCUT2D eigenvalue weighted by molar-refractivity contribution is -0.141. The van der Waals surface area contributed by atoms with Crippen molar-refractivity contribution in [1.29, 1.82) is 0 Å². The van der Waals surface area contributed by atoms with Crippen molar-refractivity contribution in [3.8, 4) is 11.1 Å². The van der Waals surface area contributed by atoms with Crippen LogP contribution >= 0.6 is 11.8 Å². The second-order valence-corrected chi connectivity index (χ2v) is 9.57. The van der Waals surface area contributed by atoms with E-state index in [0.717, 1.165) is 22.3 Å². The number of aryl methyl sites for hydroxylation is 1. The zero-order chi connectivity index (χ0) is 24.5. The third kappa shape index (κ3) is 4.37. The summed E-state index contributed by atoms with van der Waals surface area (Å²) in [5, 5.41) is 16.3. The molecule has 9 nitrogen and oxygen atoms in total. The summed E-state index contributed by atoms with van der Waals surface area (Å²) >= 11 is 1.50. The highest BCUT2D eigenvalue weighted by Gasteiger charge is 2.34. The van der Waals surface area contributed by atoms with Crippen LogP contribution in [0.5, 0.6) is 0 Å². The first kappa shape index (κ1) is 23.0. The summed E-state index contributed by atoms with van der Waals surface area (Å²) in [6, 6.07) is 16.7. The summed E-state index contributed by atoms with van der Waals surface area (Å²) in [7, 11) is 1.59. The molecule has 180 valence electrons. The average molecular weight is 493 g/mol. The molecule has 10 heteroatoms. The lowest BCUT2D eigenvalue weighted by Crippen LogP contribution is -2.50. The number of hydrogen-bond donors (Lipinski definition) is 2. The van der Waals surface area contributed by atoms with Gasteiger partial charge in [-0.2, -0.15) is 16.9 Å². The zero-order valence-electron chi connectivity index (χ0n) is 19.0. The number of fused-ring (bicyclic) bond motifs is 3. The number of carboxylic acids is 1. The van der Waals surface area contributed by atoms with E-state index in [1.165, 1.54) is 27.4 Å². The number of aliphatic carboxylic acids is 1. The van der Waals surface area contributed by atoms with E-state index in [9.17, 15) is 19.5 Å². The number of thioether (sulfide) groups is 1. The molecule has 1 aliphatic carbocycles. The summed E-state index contributed by atoms with van der Waals surface area (Å²) in [6.07, 6.45) is -0.661. The number of benzene rings is 2. The van der Waals surface area contributed by atoms with Crippen molar-refractivity contribution in [2.45, 2.75) is 12.0 Å². The van der Waals surface area contributed by atoms with E-state index in [4.69, 9.17) is 4.74 Å².